The number of nitriles is 1. The molecule has 3 aromatic rings. The first-order chi connectivity index (χ1) is 16.8. The predicted octanol–water partition coefficient (Wildman–Crippen LogP) is 5.89. The van der Waals surface area contributed by atoms with E-state index in [4.69, 9.17) is 28.5 Å². The molecule has 0 aliphatic carbocycles. The molecule has 1 aliphatic rings. The van der Waals surface area contributed by atoms with Gasteiger partial charge in [0, 0.05) is 30.0 Å². The largest absolute Gasteiger partial charge is 0.353 e. The number of piperidine rings is 1. The molecular weight excluding hydrogens is 490 g/mol. The van der Waals surface area contributed by atoms with Gasteiger partial charge in [0.15, 0.2) is 0 Å². The summed E-state index contributed by atoms with van der Waals surface area (Å²) in [6.07, 6.45) is 2.83. The van der Waals surface area contributed by atoms with Gasteiger partial charge in [-0.15, -0.1) is 0 Å². The number of halogens is 3. The first-order valence-electron chi connectivity index (χ1n) is 11.2. The molecule has 1 aliphatic heterocycles. The lowest BCUT2D eigenvalue weighted by atomic mass is 9.89. The molecule has 0 spiro atoms. The monoisotopic (exact) mass is 512 g/mol. The third-order valence-corrected chi connectivity index (χ3v) is 6.86. The Morgan fingerprint density at radius 1 is 1.17 bits per heavy atom. The molecule has 1 saturated heterocycles. The third kappa shape index (κ3) is 5.34. The summed E-state index contributed by atoms with van der Waals surface area (Å²) in [5.74, 6) is -0.346. The number of rotatable bonds is 5. The van der Waals surface area contributed by atoms with Crippen molar-refractivity contribution in [3.63, 3.8) is 0 Å². The number of carbonyl (C=O) groups is 1. The predicted molar refractivity (Wildman–Crippen MR) is 135 cm³/mol. The van der Waals surface area contributed by atoms with Gasteiger partial charge in [-0.1, -0.05) is 41.4 Å². The summed E-state index contributed by atoms with van der Waals surface area (Å²) in [6.45, 7) is 2.62. The molecule has 1 aromatic heterocycles. The highest BCUT2D eigenvalue weighted by Crippen LogP contribution is 2.33. The lowest BCUT2D eigenvalue weighted by Crippen LogP contribution is -2.39. The second kappa shape index (κ2) is 10.5. The Bertz CT molecular complexity index is 1360. The molecule has 2 aromatic carbocycles. The number of nitrogens with zero attached hydrogens (tertiary/aromatic N) is 3. The van der Waals surface area contributed by atoms with Crippen LogP contribution < -0.4 is 10.9 Å². The molecule has 1 fully saturated rings. The van der Waals surface area contributed by atoms with Crippen LogP contribution in [0.25, 0.3) is 0 Å². The molecule has 0 radical (unpaired) electrons. The minimum atomic E-state index is -0.568. The van der Waals surface area contributed by atoms with Crippen molar-refractivity contribution in [1.29, 1.82) is 5.26 Å². The Labute approximate surface area is 212 Å². The van der Waals surface area contributed by atoms with Gasteiger partial charge in [0.25, 0.3) is 11.5 Å². The van der Waals surface area contributed by atoms with Crippen LogP contribution in [0.1, 0.15) is 40.2 Å². The number of anilines is 2. The minimum Gasteiger partial charge on any atom is -0.353 e. The van der Waals surface area contributed by atoms with E-state index >= 15 is 0 Å². The van der Waals surface area contributed by atoms with E-state index in [2.05, 4.69) is 5.32 Å². The zero-order chi connectivity index (χ0) is 25.1. The van der Waals surface area contributed by atoms with Crippen LogP contribution in [0.2, 0.25) is 10.0 Å². The molecule has 4 rings (SSSR count). The summed E-state index contributed by atoms with van der Waals surface area (Å²) in [6, 6.07) is 13.6. The Kier molecular flexibility index (Phi) is 7.44. The Morgan fingerprint density at radius 2 is 1.86 bits per heavy atom. The summed E-state index contributed by atoms with van der Waals surface area (Å²) >= 11 is 12.6. The van der Waals surface area contributed by atoms with Crippen molar-refractivity contribution in [2.24, 2.45) is 0 Å². The first kappa shape index (κ1) is 24.8. The first-order valence-corrected chi connectivity index (χ1v) is 11.9. The van der Waals surface area contributed by atoms with Crippen LogP contribution in [0, 0.1) is 24.1 Å². The number of amides is 1. The third-order valence-electron chi connectivity index (χ3n) is 6.28. The number of aryl methyl sites for hydroxylation is 1. The van der Waals surface area contributed by atoms with Crippen molar-refractivity contribution in [3.05, 3.63) is 91.6 Å². The number of likely N-dealkylation sites (tertiary alicyclic amines) is 1. The van der Waals surface area contributed by atoms with Crippen molar-refractivity contribution < 1.29 is 9.18 Å². The molecule has 1 amide bonds. The highest BCUT2D eigenvalue weighted by molar-refractivity contribution is 6.34. The van der Waals surface area contributed by atoms with E-state index in [1.54, 1.807) is 29.2 Å². The van der Waals surface area contributed by atoms with Gasteiger partial charge >= 0.3 is 0 Å². The number of hydrogen-bond donors (Lipinski definition) is 1. The second-order valence-corrected chi connectivity index (χ2v) is 9.34. The fourth-order valence-corrected chi connectivity index (χ4v) is 4.72. The smallest absolute Gasteiger partial charge is 0.272 e. The fraction of sp³-hybridized carbons (Fsp3) is 0.269. The molecule has 6 nitrogen and oxygen atoms in total. The standard InChI is InChI=1S/C26H23Cl2FN4O2/c1-16-2-5-19(27)14-22(16)31-24-21(15-33(13-10-30)26(35)23(24)28)25(34)32-11-8-18(9-12-32)17-3-6-20(29)7-4-17/h2-7,14-15,18,31H,8-9,11-13H2,1H3. The highest BCUT2D eigenvalue weighted by Gasteiger charge is 2.28. The van der Waals surface area contributed by atoms with Gasteiger partial charge < -0.3 is 10.2 Å². The number of aromatic nitrogens is 1. The molecule has 2 heterocycles. The quantitative estimate of drug-likeness (QED) is 0.462. The number of hydrogen-bond acceptors (Lipinski definition) is 4. The van der Waals surface area contributed by atoms with Gasteiger partial charge in [-0.05, 0) is 61.1 Å². The van der Waals surface area contributed by atoms with E-state index in [1.165, 1.54) is 18.3 Å². The van der Waals surface area contributed by atoms with E-state index in [9.17, 15) is 14.0 Å². The molecule has 0 bridgehead atoms. The molecule has 1 N–H and O–H groups in total. The van der Waals surface area contributed by atoms with Crippen molar-refractivity contribution in [2.75, 3.05) is 18.4 Å². The molecule has 0 atom stereocenters. The average Bonchev–Trinajstić information content (AvgIpc) is 2.86. The summed E-state index contributed by atoms with van der Waals surface area (Å²) < 4.78 is 14.4. The van der Waals surface area contributed by atoms with Crippen molar-refractivity contribution in [3.8, 4) is 6.07 Å². The topological polar surface area (TPSA) is 78.1 Å². The van der Waals surface area contributed by atoms with Gasteiger partial charge in [0.2, 0.25) is 0 Å². The Balaban J connectivity index is 1.65. The number of nitrogens with one attached hydrogen (secondary N) is 1. The van der Waals surface area contributed by atoms with Crippen LogP contribution >= 0.6 is 23.2 Å². The highest BCUT2D eigenvalue weighted by atomic mass is 35.5. The second-order valence-electron chi connectivity index (χ2n) is 8.53. The van der Waals surface area contributed by atoms with E-state index in [-0.39, 0.29) is 40.5 Å². The van der Waals surface area contributed by atoms with Crippen LogP contribution in [-0.2, 0) is 6.54 Å². The summed E-state index contributed by atoms with van der Waals surface area (Å²) in [4.78, 5) is 28.1. The molecule has 0 unspecified atom stereocenters. The van der Waals surface area contributed by atoms with E-state index in [1.807, 2.05) is 19.1 Å². The average molecular weight is 513 g/mol. The van der Waals surface area contributed by atoms with Crippen LogP contribution in [0.3, 0.4) is 0 Å². The Hall–Kier alpha value is -3.34. The fourth-order valence-electron chi connectivity index (χ4n) is 4.29. The van der Waals surface area contributed by atoms with Crippen LogP contribution in [-0.4, -0.2) is 28.5 Å². The van der Waals surface area contributed by atoms with E-state index in [0.29, 0.717) is 23.8 Å². The van der Waals surface area contributed by atoms with Crippen molar-refractivity contribution in [1.82, 2.24) is 9.47 Å². The van der Waals surface area contributed by atoms with Crippen LogP contribution in [0.4, 0.5) is 15.8 Å². The zero-order valence-electron chi connectivity index (χ0n) is 19.0. The maximum atomic E-state index is 13.6. The van der Waals surface area contributed by atoms with Gasteiger partial charge in [0.1, 0.15) is 17.4 Å². The molecule has 9 heteroatoms. The normalized spacial score (nSPS) is 14.0. The van der Waals surface area contributed by atoms with Gasteiger partial charge in [-0.25, -0.2) is 4.39 Å². The molecule has 35 heavy (non-hydrogen) atoms. The summed E-state index contributed by atoms with van der Waals surface area (Å²) in [7, 11) is 0. The molecular formula is C26H23Cl2FN4O2. The lowest BCUT2D eigenvalue weighted by molar-refractivity contribution is 0.0713. The SMILES string of the molecule is Cc1ccc(Cl)cc1Nc1c(C(=O)N2CCC(c3ccc(F)cc3)CC2)cn(CC#N)c(=O)c1Cl. The van der Waals surface area contributed by atoms with Crippen LogP contribution in [0.15, 0.2) is 53.5 Å². The number of carbonyl (C=O) groups excluding carboxylic acids is 1. The molecule has 0 saturated carbocycles. The summed E-state index contributed by atoms with van der Waals surface area (Å²) in [5.41, 5.74) is 2.32. The number of pyridine rings is 1. The summed E-state index contributed by atoms with van der Waals surface area (Å²) in [5, 5.41) is 12.6. The van der Waals surface area contributed by atoms with Gasteiger partial charge in [0.05, 0.1) is 17.3 Å². The van der Waals surface area contributed by atoms with Gasteiger partial charge in [-0.2, -0.15) is 5.26 Å². The maximum Gasteiger partial charge on any atom is 0.272 e. The van der Waals surface area contributed by atoms with Crippen LogP contribution in [0.5, 0.6) is 0 Å². The minimum absolute atomic E-state index is 0.174. The maximum absolute atomic E-state index is 13.6. The lowest BCUT2D eigenvalue weighted by Gasteiger charge is -2.33. The van der Waals surface area contributed by atoms with Crippen molar-refractivity contribution in [2.45, 2.75) is 32.2 Å². The van der Waals surface area contributed by atoms with Crippen molar-refractivity contribution >= 4 is 40.5 Å². The zero-order valence-corrected chi connectivity index (χ0v) is 20.5. The van der Waals surface area contributed by atoms with Gasteiger partial charge in [-0.3, -0.25) is 14.2 Å². The van der Waals surface area contributed by atoms with E-state index < -0.39 is 5.56 Å². The Morgan fingerprint density at radius 3 is 2.51 bits per heavy atom. The molecule has 180 valence electrons. The van der Waals surface area contributed by atoms with E-state index in [0.717, 1.165) is 28.5 Å². The number of benzene rings is 2.